The lowest BCUT2D eigenvalue weighted by Crippen LogP contribution is -1.73. The molecule has 0 radical (unpaired) electrons. The third kappa shape index (κ3) is 3.85. The predicted octanol–water partition coefficient (Wildman–Crippen LogP) is 4.75. The van der Waals surface area contributed by atoms with Crippen LogP contribution in [0.2, 0.25) is 5.02 Å². The largest absolute Gasteiger partial charge is 0.0843 e. The molecule has 0 aromatic heterocycles. The minimum absolute atomic E-state index is 0.738. The van der Waals surface area contributed by atoms with Crippen LogP contribution in [0.15, 0.2) is 53.4 Å². The first-order valence-corrected chi connectivity index (χ1v) is 6.43. The number of aryl methyl sites for hydroxylation is 1. The molecule has 0 amide bonds. The van der Waals surface area contributed by atoms with Gasteiger partial charge in [-0.3, -0.25) is 0 Å². The molecule has 0 heterocycles. The molecule has 0 aliphatic heterocycles. The normalized spacial score (nSPS) is 9.53. The van der Waals surface area contributed by atoms with Gasteiger partial charge in [0.25, 0.3) is 0 Å². The zero-order valence-corrected chi connectivity index (χ0v) is 11.0. The summed E-state index contributed by atoms with van der Waals surface area (Å²) >= 11 is 7.34. The lowest BCUT2D eigenvalue weighted by Gasteiger charge is -1.94. The summed E-state index contributed by atoms with van der Waals surface area (Å²) in [5, 5.41) is 3.82. The summed E-state index contributed by atoms with van der Waals surface area (Å²) in [5.74, 6) is 3.09. The average molecular weight is 259 g/mol. The first kappa shape index (κ1) is 12.1. The van der Waals surface area contributed by atoms with Crippen molar-refractivity contribution >= 4 is 23.4 Å². The van der Waals surface area contributed by atoms with Gasteiger partial charge in [0.15, 0.2) is 0 Å². The van der Waals surface area contributed by atoms with Crippen molar-refractivity contribution in [2.75, 3.05) is 0 Å². The highest BCUT2D eigenvalue weighted by Gasteiger charge is 1.90. The fourth-order valence-corrected chi connectivity index (χ4v) is 1.97. The van der Waals surface area contributed by atoms with Crippen LogP contribution in [0.4, 0.5) is 0 Å². The Labute approximate surface area is 111 Å². The highest BCUT2D eigenvalue weighted by Crippen LogP contribution is 2.17. The van der Waals surface area contributed by atoms with Crippen LogP contribution in [0.5, 0.6) is 0 Å². The van der Waals surface area contributed by atoms with Gasteiger partial charge in [0.2, 0.25) is 0 Å². The molecule has 17 heavy (non-hydrogen) atoms. The van der Waals surface area contributed by atoms with Crippen LogP contribution < -0.4 is 0 Å². The molecule has 2 aromatic rings. The molecule has 2 heteroatoms. The SMILES string of the molecule is Cc1ccc(SC#Cc2ccc(Cl)cc2)cc1. The molecule has 0 bridgehead atoms. The monoisotopic (exact) mass is 258 g/mol. The Morgan fingerprint density at radius 2 is 1.59 bits per heavy atom. The molecule has 0 fully saturated rings. The van der Waals surface area contributed by atoms with Gasteiger partial charge < -0.3 is 0 Å². The molecule has 0 saturated heterocycles. The number of thioether (sulfide) groups is 1. The molecule has 0 unspecified atom stereocenters. The minimum Gasteiger partial charge on any atom is -0.0843 e. The van der Waals surface area contributed by atoms with Crippen molar-refractivity contribution in [3.05, 3.63) is 64.7 Å². The van der Waals surface area contributed by atoms with Crippen LogP contribution in [0.3, 0.4) is 0 Å². The van der Waals surface area contributed by atoms with Gasteiger partial charge in [-0.05, 0) is 60.3 Å². The van der Waals surface area contributed by atoms with E-state index in [9.17, 15) is 0 Å². The molecular weight excluding hydrogens is 248 g/mol. The summed E-state index contributed by atoms with van der Waals surface area (Å²) in [7, 11) is 0. The average Bonchev–Trinajstić information content (AvgIpc) is 2.34. The molecular formula is C15H11ClS. The van der Waals surface area contributed by atoms with E-state index in [1.54, 1.807) is 0 Å². The standard InChI is InChI=1S/C15H11ClS/c1-12-2-8-15(9-3-12)17-11-10-13-4-6-14(16)7-5-13/h2-9H,1H3. The van der Waals surface area contributed by atoms with Crippen molar-refractivity contribution in [3.63, 3.8) is 0 Å². The van der Waals surface area contributed by atoms with Gasteiger partial charge in [-0.25, -0.2) is 0 Å². The van der Waals surface area contributed by atoms with E-state index >= 15 is 0 Å². The second kappa shape index (κ2) is 5.82. The van der Waals surface area contributed by atoms with Crippen molar-refractivity contribution in [1.29, 1.82) is 0 Å². The van der Waals surface area contributed by atoms with Gasteiger partial charge in [-0.2, -0.15) is 0 Å². The van der Waals surface area contributed by atoms with Crippen molar-refractivity contribution in [3.8, 4) is 11.2 Å². The summed E-state index contributed by atoms with van der Waals surface area (Å²) in [4.78, 5) is 1.16. The first-order chi connectivity index (χ1) is 8.24. The Morgan fingerprint density at radius 3 is 2.24 bits per heavy atom. The third-order valence-corrected chi connectivity index (χ3v) is 3.19. The van der Waals surface area contributed by atoms with Gasteiger partial charge in [0, 0.05) is 15.5 Å². The highest BCUT2D eigenvalue weighted by atomic mass is 35.5. The topological polar surface area (TPSA) is 0 Å². The van der Waals surface area contributed by atoms with Gasteiger partial charge >= 0.3 is 0 Å². The molecule has 2 rings (SSSR count). The summed E-state index contributed by atoms with van der Waals surface area (Å²) in [5.41, 5.74) is 2.24. The van der Waals surface area contributed by atoms with Crippen LogP contribution in [0, 0.1) is 18.1 Å². The van der Waals surface area contributed by atoms with Crippen LogP contribution in [0.25, 0.3) is 0 Å². The quantitative estimate of drug-likeness (QED) is 0.525. The summed E-state index contributed by atoms with van der Waals surface area (Å²) < 4.78 is 0. The summed E-state index contributed by atoms with van der Waals surface area (Å²) in [6, 6.07) is 15.9. The number of benzene rings is 2. The zero-order chi connectivity index (χ0) is 12.1. The second-order valence-corrected chi connectivity index (χ2v) is 4.97. The van der Waals surface area contributed by atoms with Crippen molar-refractivity contribution in [1.82, 2.24) is 0 Å². The highest BCUT2D eigenvalue weighted by molar-refractivity contribution is 8.03. The second-order valence-electron chi connectivity index (χ2n) is 3.65. The lowest BCUT2D eigenvalue weighted by molar-refractivity contribution is 1.38. The van der Waals surface area contributed by atoms with Crippen LogP contribution >= 0.6 is 23.4 Å². The third-order valence-electron chi connectivity index (χ3n) is 2.23. The molecule has 0 aliphatic carbocycles. The Hall–Kier alpha value is -1.36. The Bertz CT molecular complexity index is 544. The minimum atomic E-state index is 0.738. The van der Waals surface area contributed by atoms with Gasteiger partial charge in [-0.15, -0.1) is 0 Å². The fourth-order valence-electron chi connectivity index (χ4n) is 1.28. The van der Waals surface area contributed by atoms with E-state index in [-0.39, 0.29) is 0 Å². The van der Waals surface area contributed by atoms with E-state index in [4.69, 9.17) is 11.6 Å². The molecule has 2 aromatic carbocycles. The van der Waals surface area contributed by atoms with Crippen LogP contribution in [0.1, 0.15) is 11.1 Å². The van der Waals surface area contributed by atoms with E-state index in [2.05, 4.69) is 42.4 Å². The van der Waals surface area contributed by atoms with Gasteiger partial charge in [-0.1, -0.05) is 35.2 Å². The van der Waals surface area contributed by atoms with E-state index < -0.39 is 0 Å². The van der Waals surface area contributed by atoms with Crippen LogP contribution in [-0.4, -0.2) is 0 Å². The molecule has 0 N–H and O–H groups in total. The number of halogens is 1. The van der Waals surface area contributed by atoms with E-state index in [1.807, 2.05) is 24.3 Å². The zero-order valence-electron chi connectivity index (χ0n) is 9.41. The maximum Gasteiger partial charge on any atom is 0.0406 e. The number of hydrogen-bond acceptors (Lipinski definition) is 1. The summed E-state index contributed by atoms with van der Waals surface area (Å²) in [6.07, 6.45) is 0. The van der Waals surface area contributed by atoms with Crippen molar-refractivity contribution in [2.45, 2.75) is 11.8 Å². The Morgan fingerprint density at radius 1 is 0.941 bits per heavy atom. The van der Waals surface area contributed by atoms with E-state index in [0.717, 1.165) is 15.5 Å². The van der Waals surface area contributed by atoms with Gasteiger partial charge in [0.1, 0.15) is 0 Å². The molecule has 0 atom stereocenters. The Kier molecular flexibility index (Phi) is 4.14. The summed E-state index contributed by atoms with van der Waals surface area (Å²) in [6.45, 7) is 2.08. The van der Waals surface area contributed by atoms with Gasteiger partial charge in [0.05, 0.1) is 0 Å². The number of hydrogen-bond donors (Lipinski definition) is 0. The fraction of sp³-hybridized carbons (Fsp3) is 0.0667. The lowest BCUT2D eigenvalue weighted by atomic mass is 10.2. The van der Waals surface area contributed by atoms with Crippen molar-refractivity contribution < 1.29 is 0 Å². The molecule has 0 aliphatic rings. The molecule has 0 spiro atoms. The molecule has 0 nitrogen and oxygen atoms in total. The molecule has 0 saturated carbocycles. The van der Waals surface area contributed by atoms with E-state index in [0.29, 0.717) is 0 Å². The smallest absolute Gasteiger partial charge is 0.0406 e. The number of rotatable bonds is 1. The maximum atomic E-state index is 5.80. The Balaban J connectivity index is 2.03. The predicted molar refractivity (Wildman–Crippen MR) is 75.4 cm³/mol. The van der Waals surface area contributed by atoms with E-state index in [1.165, 1.54) is 17.3 Å². The van der Waals surface area contributed by atoms with Crippen LogP contribution in [-0.2, 0) is 0 Å². The van der Waals surface area contributed by atoms with Crippen molar-refractivity contribution in [2.24, 2.45) is 0 Å². The molecule has 84 valence electrons. The maximum absolute atomic E-state index is 5.80. The first-order valence-electron chi connectivity index (χ1n) is 5.24.